The zero-order valence-electron chi connectivity index (χ0n) is 10.1. The van der Waals surface area contributed by atoms with Gasteiger partial charge in [-0.2, -0.15) is 0 Å². The van der Waals surface area contributed by atoms with Crippen molar-refractivity contribution in [3.05, 3.63) is 34.9 Å². The number of halogens is 1. The Bertz CT molecular complexity index is 241. The summed E-state index contributed by atoms with van der Waals surface area (Å²) < 4.78 is 0. The molecule has 0 amide bonds. The summed E-state index contributed by atoms with van der Waals surface area (Å²) in [6.45, 7) is 10.6. The highest BCUT2D eigenvalue weighted by atomic mass is 127. The summed E-state index contributed by atoms with van der Waals surface area (Å²) in [5.41, 5.74) is 4.30. The van der Waals surface area contributed by atoms with Crippen LogP contribution in [0.2, 0.25) is 0 Å². The Labute approximate surface area is 106 Å². The van der Waals surface area contributed by atoms with Crippen molar-refractivity contribution in [1.29, 1.82) is 0 Å². The molecule has 0 aromatic heterocycles. The first-order chi connectivity index (χ1) is 6.24. The first-order valence-corrected chi connectivity index (χ1v) is 5.30. The maximum absolute atomic E-state index is 2.25. The molecule has 1 aromatic rings. The maximum atomic E-state index is 2.25. The molecule has 0 heterocycles. The van der Waals surface area contributed by atoms with E-state index < -0.39 is 0 Å². The largest absolute Gasteiger partial charge is 0.107 e. The second-order valence-corrected chi connectivity index (χ2v) is 3.18. The lowest BCUT2D eigenvalue weighted by Gasteiger charge is -2.04. The zero-order chi connectivity index (χ0) is 10.3. The predicted molar refractivity (Wildman–Crippen MR) is 76.7 cm³/mol. The van der Waals surface area contributed by atoms with Crippen LogP contribution in [0.15, 0.2) is 18.2 Å². The molecule has 0 nitrogen and oxygen atoms in total. The van der Waals surface area contributed by atoms with Crippen molar-refractivity contribution in [2.24, 2.45) is 0 Å². The van der Waals surface area contributed by atoms with Crippen molar-refractivity contribution in [1.82, 2.24) is 0 Å². The van der Waals surface area contributed by atoms with Gasteiger partial charge in [0.1, 0.15) is 0 Å². The Morgan fingerprint density at radius 2 is 1.64 bits per heavy atom. The van der Waals surface area contributed by atoms with E-state index in [1.807, 2.05) is 13.8 Å². The third-order valence-corrected chi connectivity index (χ3v) is 2.02. The quantitative estimate of drug-likeness (QED) is 0.682. The van der Waals surface area contributed by atoms with Crippen molar-refractivity contribution >= 4 is 24.0 Å². The van der Waals surface area contributed by atoms with Crippen molar-refractivity contribution in [3.8, 4) is 0 Å². The second kappa shape index (κ2) is 9.50. The van der Waals surface area contributed by atoms with Crippen molar-refractivity contribution < 1.29 is 0 Å². The van der Waals surface area contributed by atoms with Crippen molar-refractivity contribution in [2.75, 3.05) is 0 Å². The van der Waals surface area contributed by atoms with E-state index in [1.165, 1.54) is 29.5 Å². The fraction of sp³-hybridized carbons (Fsp3) is 0.538. The van der Waals surface area contributed by atoms with E-state index in [2.05, 4.69) is 39.0 Å². The molecule has 0 radical (unpaired) electrons. The standard InChI is InChI=1S/C11H16.C2H6.HI/c1-4-5-11-7-6-9(2)8-10(11)3;1-2;/h6-8H,4-5H2,1-3H3;1-2H3;1H. The molecule has 0 saturated carbocycles. The molecule has 1 heteroatoms. The molecule has 0 unspecified atom stereocenters. The highest BCUT2D eigenvalue weighted by molar-refractivity contribution is 14.0. The van der Waals surface area contributed by atoms with E-state index in [0.717, 1.165) is 0 Å². The van der Waals surface area contributed by atoms with E-state index in [0.29, 0.717) is 0 Å². The number of hydrogen-bond donors (Lipinski definition) is 0. The lowest BCUT2D eigenvalue weighted by Crippen LogP contribution is -1.88. The predicted octanol–water partition coefficient (Wildman–Crippen LogP) is 4.90. The van der Waals surface area contributed by atoms with Gasteiger partial charge in [-0.15, -0.1) is 24.0 Å². The fourth-order valence-corrected chi connectivity index (χ4v) is 1.40. The van der Waals surface area contributed by atoms with E-state index in [1.54, 1.807) is 0 Å². The third kappa shape index (κ3) is 5.63. The van der Waals surface area contributed by atoms with Gasteiger partial charge in [-0.1, -0.05) is 51.0 Å². The molecule has 0 bridgehead atoms. The van der Waals surface area contributed by atoms with Crippen LogP contribution in [0, 0.1) is 13.8 Å². The average molecular weight is 306 g/mol. The Morgan fingerprint density at radius 1 is 1.07 bits per heavy atom. The molecule has 0 N–H and O–H groups in total. The zero-order valence-corrected chi connectivity index (χ0v) is 12.4. The molecule has 1 rings (SSSR count). The first kappa shape index (κ1) is 16.4. The van der Waals surface area contributed by atoms with Crippen LogP contribution in [0.4, 0.5) is 0 Å². The van der Waals surface area contributed by atoms with Gasteiger partial charge in [-0.05, 0) is 31.4 Å². The molecule has 0 aliphatic rings. The molecule has 0 atom stereocenters. The summed E-state index contributed by atoms with van der Waals surface area (Å²) in [5.74, 6) is 0. The van der Waals surface area contributed by atoms with Crippen LogP contribution in [-0.4, -0.2) is 0 Å². The Hall–Kier alpha value is -0.0500. The molecule has 82 valence electrons. The summed E-state index contributed by atoms with van der Waals surface area (Å²) in [6, 6.07) is 6.69. The monoisotopic (exact) mass is 306 g/mol. The van der Waals surface area contributed by atoms with Crippen molar-refractivity contribution in [2.45, 2.75) is 47.5 Å². The summed E-state index contributed by atoms with van der Waals surface area (Å²) in [4.78, 5) is 0. The first-order valence-electron chi connectivity index (χ1n) is 5.30. The SMILES string of the molecule is CC.CCCc1ccc(C)cc1C.I. The molecule has 0 aliphatic carbocycles. The van der Waals surface area contributed by atoms with Gasteiger partial charge in [0.25, 0.3) is 0 Å². The van der Waals surface area contributed by atoms with Gasteiger partial charge >= 0.3 is 0 Å². The lowest BCUT2D eigenvalue weighted by molar-refractivity contribution is 0.912. The normalized spacial score (nSPS) is 8.36. The van der Waals surface area contributed by atoms with E-state index in [-0.39, 0.29) is 24.0 Å². The van der Waals surface area contributed by atoms with Crippen LogP contribution in [-0.2, 0) is 6.42 Å². The van der Waals surface area contributed by atoms with Crippen LogP contribution >= 0.6 is 24.0 Å². The van der Waals surface area contributed by atoms with Crippen LogP contribution < -0.4 is 0 Å². The third-order valence-electron chi connectivity index (χ3n) is 2.02. The van der Waals surface area contributed by atoms with Gasteiger partial charge in [-0.25, -0.2) is 0 Å². The van der Waals surface area contributed by atoms with Crippen LogP contribution in [0.1, 0.15) is 43.9 Å². The van der Waals surface area contributed by atoms with Gasteiger partial charge in [-0.3, -0.25) is 0 Å². The number of benzene rings is 1. The highest BCUT2D eigenvalue weighted by Crippen LogP contribution is 2.11. The smallest absolute Gasteiger partial charge is 0.0279 e. The Morgan fingerprint density at radius 3 is 2.07 bits per heavy atom. The molecule has 0 fully saturated rings. The summed E-state index contributed by atoms with van der Waals surface area (Å²) in [5, 5.41) is 0. The van der Waals surface area contributed by atoms with Gasteiger partial charge in [0.2, 0.25) is 0 Å². The molecule has 14 heavy (non-hydrogen) atoms. The molecular formula is C13H23I. The van der Waals surface area contributed by atoms with Gasteiger partial charge < -0.3 is 0 Å². The molecule has 0 aliphatic heterocycles. The van der Waals surface area contributed by atoms with E-state index in [9.17, 15) is 0 Å². The summed E-state index contributed by atoms with van der Waals surface area (Å²) in [7, 11) is 0. The molecule has 0 spiro atoms. The number of aryl methyl sites for hydroxylation is 3. The molecule has 1 aromatic carbocycles. The highest BCUT2D eigenvalue weighted by Gasteiger charge is 1.95. The minimum atomic E-state index is 0. The van der Waals surface area contributed by atoms with Gasteiger partial charge in [0, 0.05) is 0 Å². The van der Waals surface area contributed by atoms with E-state index in [4.69, 9.17) is 0 Å². The topological polar surface area (TPSA) is 0 Å². The minimum absolute atomic E-state index is 0. The number of hydrogen-bond acceptors (Lipinski definition) is 0. The summed E-state index contributed by atoms with van der Waals surface area (Å²) in [6.07, 6.45) is 2.45. The average Bonchev–Trinajstić information content (AvgIpc) is 2.14. The number of rotatable bonds is 2. The van der Waals surface area contributed by atoms with Crippen LogP contribution in [0.5, 0.6) is 0 Å². The minimum Gasteiger partial charge on any atom is -0.107 e. The fourth-order valence-electron chi connectivity index (χ4n) is 1.40. The van der Waals surface area contributed by atoms with Gasteiger partial charge in [0.05, 0.1) is 0 Å². The van der Waals surface area contributed by atoms with E-state index >= 15 is 0 Å². The summed E-state index contributed by atoms with van der Waals surface area (Å²) >= 11 is 0. The lowest BCUT2D eigenvalue weighted by atomic mass is 10.0. The van der Waals surface area contributed by atoms with Gasteiger partial charge in [0.15, 0.2) is 0 Å². The Balaban J connectivity index is 0. The molecule has 0 saturated heterocycles. The van der Waals surface area contributed by atoms with Crippen LogP contribution in [0.25, 0.3) is 0 Å². The maximum Gasteiger partial charge on any atom is -0.0279 e. The molecular weight excluding hydrogens is 283 g/mol. The van der Waals surface area contributed by atoms with Crippen molar-refractivity contribution in [3.63, 3.8) is 0 Å². The Kier molecular flexibility index (Phi) is 11.1. The second-order valence-electron chi connectivity index (χ2n) is 3.18. The van der Waals surface area contributed by atoms with Crippen LogP contribution in [0.3, 0.4) is 0 Å².